The maximum atomic E-state index is 11.4. The summed E-state index contributed by atoms with van der Waals surface area (Å²) in [5.41, 5.74) is 4.31. The van der Waals surface area contributed by atoms with Crippen LogP contribution in [0.2, 0.25) is 0 Å². The van der Waals surface area contributed by atoms with Crippen LogP contribution in [0.15, 0.2) is 46.3 Å². The number of imidazole rings is 1. The van der Waals surface area contributed by atoms with Gasteiger partial charge in [-0.15, -0.1) is 0 Å². The number of aromatic nitrogens is 2. The molecular weight excluding hydrogens is 272 g/mol. The van der Waals surface area contributed by atoms with E-state index in [2.05, 4.69) is 28.3 Å². The Morgan fingerprint density at radius 1 is 1.45 bits per heavy atom. The zero-order chi connectivity index (χ0) is 13.7. The van der Waals surface area contributed by atoms with Crippen molar-refractivity contribution >= 4 is 23.2 Å². The summed E-state index contributed by atoms with van der Waals surface area (Å²) in [5, 5.41) is 4.15. The SMILES string of the molecule is Cc1cn(C2=CCC3C(=C2)C=C2SC[N+](=O)N=C23)cn1. The van der Waals surface area contributed by atoms with Crippen molar-refractivity contribution in [3.05, 3.63) is 51.8 Å². The van der Waals surface area contributed by atoms with Crippen molar-refractivity contribution in [2.45, 2.75) is 13.3 Å². The van der Waals surface area contributed by atoms with Crippen molar-refractivity contribution in [1.82, 2.24) is 9.55 Å². The van der Waals surface area contributed by atoms with Gasteiger partial charge in [-0.25, -0.2) is 4.98 Å². The van der Waals surface area contributed by atoms with Gasteiger partial charge in [0.2, 0.25) is 0 Å². The van der Waals surface area contributed by atoms with E-state index in [4.69, 9.17) is 0 Å². The smallest absolute Gasteiger partial charge is 0.278 e. The average Bonchev–Trinajstić information content (AvgIpc) is 3.01. The topological polar surface area (TPSA) is 50.3 Å². The molecule has 1 aromatic heterocycles. The number of allylic oxidation sites excluding steroid dienone is 6. The molecule has 0 saturated heterocycles. The van der Waals surface area contributed by atoms with Crippen molar-refractivity contribution in [3.8, 4) is 0 Å². The molecule has 0 fully saturated rings. The summed E-state index contributed by atoms with van der Waals surface area (Å²) in [5.74, 6) is 0.624. The quantitative estimate of drug-likeness (QED) is 0.745. The van der Waals surface area contributed by atoms with Gasteiger partial charge in [0.15, 0.2) is 4.87 Å². The van der Waals surface area contributed by atoms with Crippen LogP contribution in [-0.2, 0) is 0 Å². The summed E-state index contributed by atoms with van der Waals surface area (Å²) >= 11 is 1.57. The first-order valence-corrected chi connectivity index (χ1v) is 7.50. The Bertz CT molecular complexity index is 738. The van der Waals surface area contributed by atoms with Crippen LogP contribution in [-0.4, -0.2) is 26.0 Å². The van der Waals surface area contributed by atoms with Crippen LogP contribution in [0.3, 0.4) is 0 Å². The van der Waals surface area contributed by atoms with Gasteiger partial charge >= 0.3 is 0 Å². The Morgan fingerprint density at radius 3 is 3.15 bits per heavy atom. The van der Waals surface area contributed by atoms with Crippen LogP contribution >= 0.6 is 11.8 Å². The fraction of sp³-hybridized carbons (Fsp3) is 0.286. The lowest BCUT2D eigenvalue weighted by molar-refractivity contribution is -0.534. The minimum atomic E-state index is 0.239. The zero-order valence-electron chi connectivity index (χ0n) is 11.0. The molecule has 4 rings (SSSR count). The Hall–Kier alpha value is -1.95. The van der Waals surface area contributed by atoms with Gasteiger partial charge in [0.1, 0.15) is 5.71 Å². The Morgan fingerprint density at radius 2 is 2.35 bits per heavy atom. The number of hydrazone groups is 1. The predicted octanol–water partition coefficient (Wildman–Crippen LogP) is 2.72. The maximum Gasteiger partial charge on any atom is 0.278 e. The minimum absolute atomic E-state index is 0.239. The van der Waals surface area contributed by atoms with Crippen molar-refractivity contribution in [1.29, 1.82) is 0 Å². The first-order valence-electron chi connectivity index (χ1n) is 6.51. The summed E-state index contributed by atoms with van der Waals surface area (Å²) in [7, 11) is 0. The second-order valence-electron chi connectivity index (χ2n) is 5.10. The highest BCUT2D eigenvalue weighted by Crippen LogP contribution is 2.41. The molecule has 5 nitrogen and oxygen atoms in total. The molecule has 1 aromatic rings. The maximum absolute atomic E-state index is 11.4. The lowest BCUT2D eigenvalue weighted by Crippen LogP contribution is -2.20. The van der Waals surface area contributed by atoms with E-state index < -0.39 is 0 Å². The molecule has 0 spiro atoms. The van der Waals surface area contributed by atoms with Gasteiger partial charge in [0, 0.05) is 27.8 Å². The summed E-state index contributed by atoms with van der Waals surface area (Å²) < 4.78 is 2.04. The van der Waals surface area contributed by atoms with Crippen molar-refractivity contribution in [2.24, 2.45) is 11.0 Å². The van der Waals surface area contributed by atoms with Crippen LogP contribution < -0.4 is 0 Å². The molecule has 1 aliphatic heterocycles. The fourth-order valence-electron chi connectivity index (χ4n) is 2.76. The van der Waals surface area contributed by atoms with Gasteiger partial charge in [-0.05, 0) is 42.8 Å². The number of hydrogen-bond donors (Lipinski definition) is 0. The third-order valence-electron chi connectivity index (χ3n) is 3.72. The monoisotopic (exact) mass is 285 g/mol. The number of rotatable bonds is 1. The molecule has 0 amide bonds. The van der Waals surface area contributed by atoms with Gasteiger partial charge in [0.25, 0.3) is 5.88 Å². The van der Waals surface area contributed by atoms with Crippen LogP contribution in [0.25, 0.3) is 5.70 Å². The number of thioether (sulfide) groups is 1. The van der Waals surface area contributed by atoms with Gasteiger partial charge in [0.05, 0.1) is 16.9 Å². The van der Waals surface area contributed by atoms with Crippen LogP contribution in [0, 0.1) is 17.7 Å². The first-order chi connectivity index (χ1) is 9.70. The van der Waals surface area contributed by atoms with Crippen LogP contribution in [0.1, 0.15) is 12.1 Å². The highest BCUT2D eigenvalue weighted by molar-refractivity contribution is 8.03. The zero-order valence-corrected chi connectivity index (χ0v) is 11.8. The molecule has 6 heteroatoms. The van der Waals surface area contributed by atoms with E-state index in [1.165, 1.54) is 5.57 Å². The molecule has 100 valence electrons. The number of fused-ring (bicyclic) bond motifs is 3. The van der Waals surface area contributed by atoms with E-state index in [1.54, 1.807) is 11.8 Å². The normalized spacial score (nSPS) is 24.4. The van der Waals surface area contributed by atoms with Crippen LogP contribution in [0.4, 0.5) is 0 Å². The molecule has 0 N–H and O–H groups in total. The molecule has 3 aliphatic rings. The van der Waals surface area contributed by atoms with E-state index >= 15 is 0 Å². The average molecular weight is 285 g/mol. The molecule has 0 bridgehead atoms. The third-order valence-corrected chi connectivity index (χ3v) is 4.71. The first kappa shape index (κ1) is 11.8. The van der Waals surface area contributed by atoms with Crippen molar-refractivity contribution in [3.63, 3.8) is 0 Å². The highest BCUT2D eigenvalue weighted by Gasteiger charge is 2.37. The lowest BCUT2D eigenvalue weighted by atomic mass is 9.91. The van der Waals surface area contributed by atoms with Gasteiger partial charge in [-0.1, -0.05) is 6.08 Å². The molecular formula is C14H13N4OS+. The Balaban J connectivity index is 1.71. The lowest BCUT2D eigenvalue weighted by Gasteiger charge is -2.17. The summed E-state index contributed by atoms with van der Waals surface area (Å²) in [4.78, 5) is 17.6. The van der Waals surface area contributed by atoms with Gasteiger partial charge < -0.3 is 4.57 Å². The summed E-state index contributed by atoms with van der Waals surface area (Å²) in [6.07, 6.45) is 11.2. The largest absolute Gasteiger partial charge is 0.306 e. The predicted molar refractivity (Wildman–Crippen MR) is 79.0 cm³/mol. The number of hydrogen-bond acceptors (Lipinski definition) is 3. The molecule has 0 radical (unpaired) electrons. The third kappa shape index (κ3) is 1.79. The van der Waals surface area contributed by atoms with E-state index in [1.807, 2.05) is 24.0 Å². The van der Waals surface area contributed by atoms with Crippen molar-refractivity contribution < 1.29 is 4.87 Å². The summed E-state index contributed by atoms with van der Waals surface area (Å²) in [6, 6.07) is 0. The van der Waals surface area contributed by atoms with Gasteiger partial charge in [-0.3, -0.25) is 0 Å². The Kier molecular flexibility index (Phi) is 2.53. The Labute approximate surface area is 120 Å². The second kappa shape index (κ2) is 4.28. The fourth-order valence-corrected chi connectivity index (χ4v) is 3.62. The second-order valence-corrected chi connectivity index (χ2v) is 6.09. The number of aryl methyl sites for hydroxylation is 1. The standard InChI is InChI=1S/C14H13N4OS/c1-9-6-17(7-15-9)11-2-3-12-10(4-11)5-13-14(12)16-18(19)8-20-13/h2,4-7,12H,3,8H2,1H3/q+1. The van der Waals surface area contributed by atoms with E-state index in [0.717, 1.165) is 33.3 Å². The van der Waals surface area contributed by atoms with Crippen LogP contribution in [0.5, 0.6) is 0 Å². The molecule has 2 heterocycles. The van der Waals surface area contributed by atoms with E-state index in [0.29, 0.717) is 5.88 Å². The minimum Gasteiger partial charge on any atom is -0.306 e. The molecule has 20 heavy (non-hydrogen) atoms. The summed E-state index contributed by atoms with van der Waals surface area (Å²) in [6.45, 7) is 1.98. The van der Waals surface area contributed by atoms with Gasteiger partial charge in [-0.2, -0.15) is 0 Å². The molecule has 0 saturated carbocycles. The molecule has 2 aliphatic carbocycles. The molecule has 0 aromatic carbocycles. The molecule has 1 atom stereocenters. The van der Waals surface area contributed by atoms with E-state index in [9.17, 15) is 4.91 Å². The van der Waals surface area contributed by atoms with Crippen molar-refractivity contribution in [2.75, 3.05) is 5.88 Å². The van der Waals surface area contributed by atoms with E-state index in [-0.39, 0.29) is 5.92 Å². The number of nitroso groups, excluding NO2 is 1. The number of nitrogens with zero attached hydrogens (tertiary/aromatic N) is 4. The molecule has 1 unspecified atom stereocenters. The highest BCUT2D eigenvalue weighted by atomic mass is 32.2.